The van der Waals surface area contributed by atoms with Gasteiger partial charge in [0.15, 0.2) is 11.5 Å². The summed E-state index contributed by atoms with van der Waals surface area (Å²) in [7, 11) is -1.29. The fourth-order valence-electron chi connectivity index (χ4n) is 3.74. The lowest BCUT2D eigenvalue weighted by Gasteiger charge is -2.29. The molecule has 0 aliphatic rings. The standard InChI is InChI=1S/C28H33N3O7S/c1-6-19(2)31(28(33)30-24-9-7-8-10-25(24)36-4)18-21-11-16-26(37-5)27(17-21)38-39(34,35)23-14-12-22(13-15-23)29-20(3)32/h7-17,19H,6,18H2,1-5H3,(H,29,32)(H,30,33)/t19-/m1/s1. The number of hydrogen-bond acceptors (Lipinski definition) is 7. The second-order valence-electron chi connectivity index (χ2n) is 8.74. The molecule has 0 aromatic heterocycles. The Balaban J connectivity index is 1.85. The van der Waals surface area contributed by atoms with Crippen LogP contribution in [0.25, 0.3) is 0 Å². The first kappa shape index (κ1) is 29.3. The maximum absolute atomic E-state index is 13.3. The van der Waals surface area contributed by atoms with Gasteiger partial charge in [-0.1, -0.05) is 25.1 Å². The highest BCUT2D eigenvalue weighted by Crippen LogP contribution is 2.32. The number of nitrogens with one attached hydrogen (secondary N) is 2. The predicted molar refractivity (Wildman–Crippen MR) is 149 cm³/mol. The van der Waals surface area contributed by atoms with Crippen LogP contribution in [0, 0.1) is 0 Å². The van der Waals surface area contributed by atoms with E-state index in [0.717, 1.165) is 0 Å². The Morgan fingerprint density at radius 3 is 2.18 bits per heavy atom. The summed E-state index contributed by atoms with van der Waals surface area (Å²) in [5, 5.41) is 5.48. The number of benzene rings is 3. The topological polar surface area (TPSA) is 123 Å². The van der Waals surface area contributed by atoms with Gasteiger partial charge in [-0.2, -0.15) is 8.42 Å². The highest BCUT2D eigenvalue weighted by Gasteiger charge is 2.23. The molecule has 3 amide bonds. The Morgan fingerprint density at radius 1 is 0.897 bits per heavy atom. The average Bonchev–Trinajstić information content (AvgIpc) is 2.91. The van der Waals surface area contributed by atoms with Crippen molar-refractivity contribution in [3.8, 4) is 17.2 Å². The molecule has 11 heteroatoms. The van der Waals surface area contributed by atoms with Crippen LogP contribution in [-0.4, -0.2) is 45.5 Å². The van der Waals surface area contributed by atoms with E-state index in [2.05, 4.69) is 10.6 Å². The lowest BCUT2D eigenvalue weighted by molar-refractivity contribution is -0.114. The molecule has 3 rings (SSSR count). The van der Waals surface area contributed by atoms with Crippen LogP contribution in [0.1, 0.15) is 32.8 Å². The number of nitrogens with zero attached hydrogens (tertiary/aromatic N) is 1. The normalized spacial score (nSPS) is 11.7. The van der Waals surface area contributed by atoms with E-state index in [1.54, 1.807) is 35.2 Å². The van der Waals surface area contributed by atoms with E-state index < -0.39 is 10.1 Å². The van der Waals surface area contributed by atoms with E-state index in [4.69, 9.17) is 13.7 Å². The van der Waals surface area contributed by atoms with Gasteiger partial charge in [-0.3, -0.25) is 4.79 Å². The summed E-state index contributed by atoms with van der Waals surface area (Å²) in [4.78, 5) is 26.1. The highest BCUT2D eigenvalue weighted by molar-refractivity contribution is 7.87. The molecule has 0 spiro atoms. The summed E-state index contributed by atoms with van der Waals surface area (Å²) >= 11 is 0. The zero-order valence-electron chi connectivity index (χ0n) is 22.6. The van der Waals surface area contributed by atoms with E-state index in [1.165, 1.54) is 51.5 Å². The number of hydrogen-bond donors (Lipinski definition) is 2. The first-order valence-electron chi connectivity index (χ1n) is 12.3. The van der Waals surface area contributed by atoms with Crippen LogP contribution < -0.4 is 24.3 Å². The molecule has 0 saturated carbocycles. The van der Waals surface area contributed by atoms with Crippen molar-refractivity contribution < 1.29 is 31.7 Å². The van der Waals surface area contributed by atoms with Gasteiger partial charge >= 0.3 is 16.1 Å². The molecule has 3 aromatic rings. The third-order valence-electron chi connectivity index (χ3n) is 5.98. The minimum Gasteiger partial charge on any atom is -0.495 e. The number of ether oxygens (including phenoxy) is 2. The Bertz CT molecular complexity index is 1410. The molecular formula is C28H33N3O7S. The maximum Gasteiger partial charge on any atom is 0.339 e. The molecular weight excluding hydrogens is 522 g/mol. The molecule has 1 atom stereocenters. The molecule has 2 N–H and O–H groups in total. The lowest BCUT2D eigenvalue weighted by atomic mass is 10.1. The summed E-state index contributed by atoms with van der Waals surface area (Å²) in [6.45, 7) is 5.44. The Hall–Kier alpha value is -4.25. The van der Waals surface area contributed by atoms with Crippen LogP contribution in [0.15, 0.2) is 71.6 Å². The van der Waals surface area contributed by atoms with E-state index in [0.29, 0.717) is 29.1 Å². The van der Waals surface area contributed by atoms with Gasteiger partial charge < -0.3 is 29.2 Å². The number of carbonyl (C=O) groups is 2. The molecule has 39 heavy (non-hydrogen) atoms. The van der Waals surface area contributed by atoms with Gasteiger partial charge in [-0.15, -0.1) is 0 Å². The summed E-state index contributed by atoms with van der Waals surface area (Å²) in [6, 6.07) is 17.1. The van der Waals surface area contributed by atoms with Gasteiger partial charge in [-0.05, 0) is 67.4 Å². The third kappa shape index (κ3) is 7.64. The van der Waals surface area contributed by atoms with Crippen molar-refractivity contribution in [2.45, 2.75) is 44.7 Å². The first-order chi connectivity index (χ1) is 18.6. The fourth-order valence-corrected chi connectivity index (χ4v) is 4.67. The summed E-state index contributed by atoms with van der Waals surface area (Å²) in [5.41, 5.74) is 1.63. The second kappa shape index (κ2) is 13.0. The van der Waals surface area contributed by atoms with E-state index >= 15 is 0 Å². The Kier molecular flexibility index (Phi) is 9.78. The van der Waals surface area contributed by atoms with Gasteiger partial charge in [0.25, 0.3) is 0 Å². The molecule has 0 radical (unpaired) electrons. The number of anilines is 2. The molecule has 208 valence electrons. The largest absolute Gasteiger partial charge is 0.495 e. The minimum absolute atomic E-state index is 0.0184. The molecule has 0 aliphatic heterocycles. The van der Waals surface area contributed by atoms with Gasteiger partial charge in [0.05, 0.1) is 19.9 Å². The van der Waals surface area contributed by atoms with Crippen molar-refractivity contribution in [2.75, 3.05) is 24.9 Å². The maximum atomic E-state index is 13.3. The van der Waals surface area contributed by atoms with Crippen LogP contribution in [0.5, 0.6) is 17.2 Å². The lowest BCUT2D eigenvalue weighted by Crippen LogP contribution is -2.40. The molecule has 0 aliphatic carbocycles. The SMILES string of the molecule is CC[C@@H](C)N(Cc1ccc(OC)c(OS(=O)(=O)c2ccc(NC(C)=O)cc2)c1)C(=O)Nc1ccccc1OC. The zero-order chi connectivity index (χ0) is 28.6. The summed E-state index contributed by atoms with van der Waals surface area (Å²) in [6.07, 6.45) is 0.696. The van der Waals surface area contributed by atoms with Crippen molar-refractivity contribution in [1.29, 1.82) is 0 Å². The van der Waals surface area contributed by atoms with Gasteiger partial charge in [0, 0.05) is 25.2 Å². The zero-order valence-corrected chi connectivity index (χ0v) is 23.4. The van der Waals surface area contributed by atoms with E-state index in [1.807, 2.05) is 19.9 Å². The van der Waals surface area contributed by atoms with Crippen molar-refractivity contribution in [3.63, 3.8) is 0 Å². The number of methoxy groups -OCH3 is 2. The minimum atomic E-state index is -4.22. The highest BCUT2D eigenvalue weighted by atomic mass is 32.2. The van der Waals surface area contributed by atoms with Crippen molar-refractivity contribution in [1.82, 2.24) is 4.90 Å². The van der Waals surface area contributed by atoms with Crippen LogP contribution >= 0.6 is 0 Å². The number of carbonyl (C=O) groups excluding carboxylic acids is 2. The van der Waals surface area contributed by atoms with Crippen molar-refractivity contribution in [2.24, 2.45) is 0 Å². The summed E-state index contributed by atoms with van der Waals surface area (Å²) < 4.78 is 42.1. The van der Waals surface area contributed by atoms with Crippen LogP contribution in [-0.2, 0) is 21.5 Å². The van der Waals surface area contributed by atoms with E-state index in [-0.39, 0.29) is 40.9 Å². The quantitative estimate of drug-likeness (QED) is 0.309. The summed E-state index contributed by atoms with van der Waals surface area (Å²) in [5.74, 6) is 0.456. The van der Waals surface area contributed by atoms with E-state index in [9.17, 15) is 18.0 Å². The van der Waals surface area contributed by atoms with Crippen molar-refractivity contribution in [3.05, 3.63) is 72.3 Å². The van der Waals surface area contributed by atoms with Crippen LogP contribution in [0.2, 0.25) is 0 Å². The molecule has 0 heterocycles. The number of rotatable bonds is 11. The van der Waals surface area contributed by atoms with Gasteiger partial charge in [-0.25, -0.2) is 4.79 Å². The number of para-hydroxylation sites is 2. The van der Waals surface area contributed by atoms with Gasteiger partial charge in [0.2, 0.25) is 5.91 Å². The molecule has 0 fully saturated rings. The predicted octanol–water partition coefficient (Wildman–Crippen LogP) is 5.26. The number of urea groups is 1. The monoisotopic (exact) mass is 555 g/mol. The second-order valence-corrected chi connectivity index (χ2v) is 10.3. The van der Waals surface area contributed by atoms with Crippen molar-refractivity contribution >= 4 is 33.4 Å². The van der Waals surface area contributed by atoms with Crippen LogP contribution in [0.3, 0.4) is 0 Å². The fraction of sp³-hybridized carbons (Fsp3) is 0.286. The average molecular weight is 556 g/mol. The molecule has 0 bridgehead atoms. The smallest absolute Gasteiger partial charge is 0.339 e. The number of amides is 3. The molecule has 3 aromatic carbocycles. The first-order valence-corrected chi connectivity index (χ1v) is 13.7. The Labute approximate surface area is 229 Å². The Morgan fingerprint density at radius 2 is 1.56 bits per heavy atom. The molecule has 0 saturated heterocycles. The molecule has 0 unspecified atom stereocenters. The third-order valence-corrected chi connectivity index (χ3v) is 7.22. The van der Waals surface area contributed by atoms with Crippen LogP contribution in [0.4, 0.5) is 16.2 Å². The van der Waals surface area contributed by atoms with Gasteiger partial charge in [0.1, 0.15) is 10.6 Å². The molecule has 10 nitrogen and oxygen atoms in total.